The Morgan fingerprint density at radius 1 is 0.492 bits per heavy atom. The lowest BCUT2D eigenvalue weighted by Crippen LogP contribution is -2.55. The van der Waals surface area contributed by atoms with E-state index in [1.54, 1.807) is 21.1 Å². The molecule has 65 heavy (non-hydrogen) atoms. The van der Waals surface area contributed by atoms with Gasteiger partial charge >= 0.3 is 11.9 Å². The van der Waals surface area contributed by atoms with Gasteiger partial charge in [-0.1, -0.05) is 188 Å². The number of carbonyl (C=O) groups excluding carboxylic acids is 3. The van der Waals surface area contributed by atoms with Crippen molar-refractivity contribution in [2.75, 3.05) is 41.0 Å². The number of carboxylic acids is 1. The molecule has 0 fully saturated rings. The van der Waals surface area contributed by atoms with Crippen molar-refractivity contribution in [3.63, 3.8) is 0 Å². The SMILES string of the molecule is CC/C=C/C/C=C/C/C=C/C/C=C/C/C=C/CCCCCCCCCC(=O)OCC(COCCC(C(=O)[O-])[N+](C)(C)C)OC(=O)CCCCCCC/C=C/C=C/C=C/CCCCCCC. The first-order chi connectivity index (χ1) is 31.6. The minimum atomic E-state index is -1.13. The molecular formula is C57H95NO7. The van der Waals surface area contributed by atoms with Crippen molar-refractivity contribution >= 4 is 17.9 Å². The molecule has 0 aromatic rings. The van der Waals surface area contributed by atoms with Gasteiger partial charge in [0.05, 0.1) is 40.3 Å². The van der Waals surface area contributed by atoms with E-state index in [2.05, 4.69) is 111 Å². The summed E-state index contributed by atoms with van der Waals surface area (Å²) in [7, 11) is 5.40. The fourth-order valence-corrected chi connectivity index (χ4v) is 7.04. The molecule has 0 heterocycles. The fourth-order valence-electron chi connectivity index (χ4n) is 7.04. The number of carboxylic acid groups (broad SMARTS) is 1. The zero-order chi connectivity index (χ0) is 47.7. The molecule has 0 aliphatic rings. The topological polar surface area (TPSA) is 102 Å². The van der Waals surface area contributed by atoms with Gasteiger partial charge in [-0.05, 0) is 83.5 Å². The van der Waals surface area contributed by atoms with Crippen molar-refractivity contribution in [3.05, 3.63) is 97.2 Å². The zero-order valence-corrected chi connectivity index (χ0v) is 42.1. The maximum absolute atomic E-state index is 12.8. The van der Waals surface area contributed by atoms with Crippen LogP contribution in [-0.4, -0.2) is 75.5 Å². The van der Waals surface area contributed by atoms with E-state index in [4.69, 9.17) is 14.2 Å². The molecule has 0 radical (unpaired) electrons. The lowest BCUT2D eigenvalue weighted by molar-refractivity contribution is -0.889. The van der Waals surface area contributed by atoms with E-state index in [1.165, 1.54) is 51.4 Å². The smallest absolute Gasteiger partial charge is 0.306 e. The largest absolute Gasteiger partial charge is 0.544 e. The maximum atomic E-state index is 12.8. The van der Waals surface area contributed by atoms with Crippen LogP contribution in [0.4, 0.5) is 0 Å². The highest BCUT2D eigenvalue weighted by Gasteiger charge is 2.25. The number of quaternary nitrogens is 1. The summed E-state index contributed by atoms with van der Waals surface area (Å²) in [6, 6.07) is -0.738. The molecule has 0 aliphatic heterocycles. The number of carbonyl (C=O) groups is 3. The van der Waals surface area contributed by atoms with E-state index < -0.39 is 18.1 Å². The van der Waals surface area contributed by atoms with Crippen LogP contribution in [0.25, 0.3) is 0 Å². The molecule has 0 aromatic carbocycles. The molecule has 0 saturated carbocycles. The molecule has 8 heteroatoms. The Kier molecular flexibility index (Phi) is 44.1. The normalized spacial score (nSPS) is 13.7. The molecule has 0 aliphatic carbocycles. The van der Waals surface area contributed by atoms with Gasteiger partial charge in [-0.25, -0.2) is 0 Å². The van der Waals surface area contributed by atoms with E-state index in [-0.39, 0.29) is 42.7 Å². The van der Waals surface area contributed by atoms with Gasteiger partial charge in [-0.2, -0.15) is 0 Å². The van der Waals surface area contributed by atoms with Gasteiger partial charge in [0.1, 0.15) is 12.6 Å². The third kappa shape index (κ3) is 45.2. The van der Waals surface area contributed by atoms with Gasteiger partial charge < -0.3 is 28.6 Å². The van der Waals surface area contributed by atoms with Crippen molar-refractivity contribution in [1.82, 2.24) is 0 Å². The fraction of sp³-hybridized carbons (Fsp3) is 0.667. The lowest BCUT2D eigenvalue weighted by atomic mass is 10.1. The van der Waals surface area contributed by atoms with Gasteiger partial charge in [0.2, 0.25) is 0 Å². The molecule has 2 atom stereocenters. The van der Waals surface area contributed by atoms with Crippen LogP contribution in [0, 0.1) is 0 Å². The molecule has 0 aromatic heterocycles. The number of rotatable bonds is 45. The molecule has 2 unspecified atom stereocenters. The summed E-state index contributed by atoms with van der Waals surface area (Å²) in [6.07, 6.45) is 62.9. The Morgan fingerprint density at radius 2 is 0.923 bits per heavy atom. The highest BCUT2D eigenvalue weighted by Crippen LogP contribution is 2.13. The predicted octanol–water partition coefficient (Wildman–Crippen LogP) is 13.7. The Bertz CT molecular complexity index is 1380. The second kappa shape index (κ2) is 46.8. The second-order valence-electron chi connectivity index (χ2n) is 18.1. The van der Waals surface area contributed by atoms with Gasteiger partial charge in [0.25, 0.3) is 0 Å². The number of hydrogen-bond donors (Lipinski definition) is 0. The molecule has 8 nitrogen and oxygen atoms in total. The van der Waals surface area contributed by atoms with Crippen LogP contribution < -0.4 is 5.11 Å². The standard InChI is InChI=1S/C57H95NO7/c1-6-8-10-12-14-16-18-20-22-24-26-27-28-29-30-32-33-35-37-39-41-43-45-47-55(59)64-52-53(51-63-50-49-54(57(61)62)58(3,4)5)65-56(60)48-46-44-42-40-38-36-34-31-25-23-21-19-17-15-13-11-9-7-2/h8,10,14,16,19-23,25-27,29-31,34,53-54H,6-7,9,11-13,15,17-18,24,28,32-33,35-52H2,1-5H3/b10-8+,16-14+,21-19+,22-20+,25-23+,27-26+,30-29+,34-31+. The van der Waals surface area contributed by atoms with Crippen LogP contribution in [0.2, 0.25) is 0 Å². The summed E-state index contributed by atoms with van der Waals surface area (Å²) in [6.45, 7) is 4.49. The third-order valence-electron chi connectivity index (χ3n) is 11.0. The van der Waals surface area contributed by atoms with Gasteiger partial charge in [-0.15, -0.1) is 0 Å². The highest BCUT2D eigenvalue weighted by molar-refractivity contribution is 5.70. The van der Waals surface area contributed by atoms with Crippen molar-refractivity contribution in [3.8, 4) is 0 Å². The third-order valence-corrected chi connectivity index (χ3v) is 11.0. The molecule has 0 spiro atoms. The van der Waals surface area contributed by atoms with Gasteiger partial charge in [0, 0.05) is 19.3 Å². The average Bonchev–Trinajstić information content (AvgIpc) is 3.27. The molecule has 0 rings (SSSR count). The van der Waals surface area contributed by atoms with E-state index in [9.17, 15) is 19.5 Å². The van der Waals surface area contributed by atoms with Gasteiger partial charge in [0.15, 0.2) is 6.10 Å². The number of nitrogens with zero attached hydrogens (tertiary/aromatic N) is 1. The number of esters is 2. The summed E-state index contributed by atoms with van der Waals surface area (Å²) < 4.78 is 17.2. The van der Waals surface area contributed by atoms with Crippen molar-refractivity contribution in [2.45, 2.75) is 206 Å². The van der Waals surface area contributed by atoms with E-state index >= 15 is 0 Å². The zero-order valence-electron chi connectivity index (χ0n) is 42.1. The molecule has 0 amide bonds. The minimum Gasteiger partial charge on any atom is -0.544 e. The molecule has 0 N–H and O–H groups in total. The first-order valence-corrected chi connectivity index (χ1v) is 25.8. The van der Waals surface area contributed by atoms with Crippen molar-refractivity contribution < 1.29 is 38.2 Å². The minimum absolute atomic E-state index is 0.0229. The van der Waals surface area contributed by atoms with Crippen LogP contribution in [0.3, 0.4) is 0 Å². The Hall–Kier alpha value is -3.75. The number of likely N-dealkylation sites (N-methyl/N-ethyl adjacent to an activating group) is 1. The molecule has 370 valence electrons. The second-order valence-corrected chi connectivity index (χ2v) is 18.1. The van der Waals surface area contributed by atoms with Crippen LogP contribution in [0.15, 0.2) is 97.2 Å². The van der Waals surface area contributed by atoms with Crippen LogP contribution >= 0.6 is 0 Å². The van der Waals surface area contributed by atoms with Gasteiger partial charge in [-0.3, -0.25) is 9.59 Å². The van der Waals surface area contributed by atoms with Crippen LogP contribution in [0.5, 0.6) is 0 Å². The Labute approximate surface area is 398 Å². The molecule has 0 saturated heterocycles. The van der Waals surface area contributed by atoms with E-state index in [1.807, 2.05) is 0 Å². The average molecular weight is 906 g/mol. The van der Waals surface area contributed by atoms with Crippen LogP contribution in [0.1, 0.15) is 194 Å². The number of unbranched alkanes of at least 4 members (excludes halogenated alkanes) is 17. The summed E-state index contributed by atoms with van der Waals surface area (Å²) in [5, 5.41) is 11.7. The predicted molar refractivity (Wildman–Crippen MR) is 272 cm³/mol. The highest BCUT2D eigenvalue weighted by atomic mass is 16.6. The number of aliphatic carboxylic acids is 1. The lowest BCUT2D eigenvalue weighted by Gasteiger charge is -2.34. The quantitative estimate of drug-likeness (QED) is 0.0197. The van der Waals surface area contributed by atoms with E-state index in [0.29, 0.717) is 12.8 Å². The summed E-state index contributed by atoms with van der Waals surface area (Å²) in [4.78, 5) is 37.0. The first-order valence-electron chi connectivity index (χ1n) is 25.8. The number of hydrogen-bond acceptors (Lipinski definition) is 7. The number of ether oxygens (including phenoxy) is 3. The van der Waals surface area contributed by atoms with Crippen LogP contribution in [-0.2, 0) is 28.6 Å². The van der Waals surface area contributed by atoms with E-state index in [0.717, 1.165) is 109 Å². The molecular weight excluding hydrogens is 811 g/mol. The van der Waals surface area contributed by atoms with Crippen molar-refractivity contribution in [1.29, 1.82) is 0 Å². The summed E-state index contributed by atoms with van der Waals surface area (Å²) in [5.41, 5.74) is 0. The molecule has 0 bridgehead atoms. The Morgan fingerprint density at radius 3 is 1.40 bits per heavy atom. The summed E-state index contributed by atoms with van der Waals surface area (Å²) in [5.74, 6) is -1.78. The summed E-state index contributed by atoms with van der Waals surface area (Å²) >= 11 is 0. The monoisotopic (exact) mass is 906 g/mol. The van der Waals surface area contributed by atoms with Crippen molar-refractivity contribution in [2.24, 2.45) is 0 Å². The Balaban J connectivity index is 4.32. The number of allylic oxidation sites excluding steroid dienone is 16. The maximum Gasteiger partial charge on any atom is 0.306 e. The first kappa shape index (κ1) is 61.2.